The fourth-order valence-corrected chi connectivity index (χ4v) is 0.865. The summed E-state index contributed by atoms with van der Waals surface area (Å²) in [6.45, 7) is 8.02. The number of hydrogen-bond acceptors (Lipinski definition) is 4. The van der Waals surface area contributed by atoms with Gasteiger partial charge in [-0.1, -0.05) is 6.58 Å². The molecule has 86 valence electrons. The van der Waals surface area contributed by atoms with Crippen LogP contribution in [0, 0.1) is 0 Å². The number of esters is 1. The van der Waals surface area contributed by atoms with Crippen molar-refractivity contribution in [3.05, 3.63) is 12.2 Å². The molecule has 0 aromatic heterocycles. The van der Waals surface area contributed by atoms with Crippen LogP contribution in [-0.4, -0.2) is 28.7 Å². The summed E-state index contributed by atoms with van der Waals surface area (Å²) in [6, 6.07) is 0. The molecule has 0 aliphatic carbocycles. The molecule has 0 radical (unpaired) electrons. The van der Waals surface area contributed by atoms with E-state index in [-0.39, 0.29) is 12.0 Å². The van der Waals surface area contributed by atoms with E-state index in [0.717, 1.165) is 0 Å². The zero-order chi connectivity index (χ0) is 12.2. The molecule has 2 unspecified atom stereocenters. The van der Waals surface area contributed by atoms with E-state index < -0.39 is 23.6 Å². The first-order valence-corrected chi connectivity index (χ1v) is 4.54. The first-order valence-electron chi connectivity index (χ1n) is 4.54. The van der Waals surface area contributed by atoms with Gasteiger partial charge in [0.1, 0.15) is 6.10 Å². The van der Waals surface area contributed by atoms with E-state index >= 15 is 0 Å². The number of ether oxygens (including phenoxy) is 1. The van der Waals surface area contributed by atoms with Crippen LogP contribution in [0.25, 0.3) is 0 Å². The van der Waals surface area contributed by atoms with E-state index in [1.54, 1.807) is 6.92 Å². The molecule has 0 fully saturated rings. The maximum Gasteiger partial charge on any atom is 0.333 e. The maximum absolute atomic E-state index is 11.2. The summed E-state index contributed by atoms with van der Waals surface area (Å²) in [5.74, 6) is -1.59. The van der Waals surface area contributed by atoms with Gasteiger partial charge in [0.05, 0.1) is 12.0 Å². The van der Waals surface area contributed by atoms with Gasteiger partial charge in [0.2, 0.25) is 0 Å². The molecule has 0 aromatic carbocycles. The predicted octanol–water partition coefficient (Wildman–Crippen LogP) is 0.686. The third-order valence-electron chi connectivity index (χ3n) is 2.09. The van der Waals surface area contributed by atoms with Crippen molar-refractivity contribution in [1.82, 2.24) is 0 Å². The minimum Gasteiger partial charge on any atom is -0.481 e. The molecular weight excluding hydrogens is 198 g/mol. The maximum atomic E-state index is 11.2. The Labute approximate surface area is 88.9 Å². The molecule has 5 nitrogen and oxygen atoms in total. The molecule has 0 aliphatic rings. The molecule has 0 bridgehead atoms. The highest BCUT2D eigenvalue weighted by molar-refractivity contribution is 5.87. The zero-order valence-electron chi connectivity index (χ0n) is 9.24. The van der Waals surface area contributed by atoms with Gasteiger partial charge in [-0.05, 0) is 20.8 Å². The van der Waals surface area contributed by atoms with Gasteiger partial charge in [0.15, 0.2) is 0 Å². The van der Waals surface area contributed by atoms with Crippen molar-refractivity contribution in [3.63, 3.8) is 0 Å². The van der Waals surface area contributed by atoms with Gasteiger partial charge in [-0.25, -0.2) is 4.79 Å². The topological polar surface area (TPSA) is 89.6 Å². The van der Waals surface area contributed by atoms with Crippen LogP contribution in [0.3, 0.4) is 0 Å². The van der Waals surface area contributed by atoms with Crippen molar-refractivity contribution in [2.75, 3.05) is 0 Å². The lowest BCUT2D eigenvalue weighted by Crippen LogP contribution is -2.50. The highest BCUT2D eigenvalue weighted by atomic mass is 16.5. The van der Waals surface area contributed by atoms with Crippen LogP contribution < -0.4 is 5.73 Å². The second-order valence-electron chi connectivity index (χ2n) is 3.90. The average Bonchev–Trinajstić information content (AvgIpc) is 2.01. The lowest BCUT2D eigenvalue weighted by Gasteiger charge is -2.29. The Morgan fingerprint density at radius 2 is 2.07 bits per heavy atom. The van der Waals surface area contributed by atoms with E-state index in [4.69, 9.17) is 15.6 Å². The lowest BCUT2D eigenvalue weighted by molar-refractivity contribution is -0.150. The lowest BCUT2D eigenvalue weighted by atomic mass is 9.93. The van der Waals surface area contributed by atoms with Gasteiger partial charge in [0, 0.05) is 5.57 Å². The van der Waals surface area contributed by atoms with Gasteiger partial charge < -0.3 is 15.6 Å². The molecule has 0 aliphatic heterocycles. The van der Waals surface area contributed by atoms with Crippen molar-refractivity contribution < 1.29 is 19.4 Å². The Morgan fingerprint density at radius 1 is 1.60 bits per heavy atom. The van der Waals surface area contributed by atoms with E-state index in [9.17, 15) is 9.59 Å². The van der Waals surface area contributed by atoms with Crippen LogP contribution in [0.15, 0.2) is 12.2 Å². The number of carbonyl (C=O) groups is 2. The Hall–Kier alpha value is -1.36. The van der Waals surface area contributed by atoms with Crippen LogP contribution in [0.1, 0.15) is 27.2 Å². The van der Waals surface area contributed by atoms with Gasteiger partial charge >= 0.3 is 11.9 Å². The second-order valence-corrected chi connectivity index (χ2v) is 3.90. The second kappa shape index (κ2) is 4.93. The zero-order valence-corrected chi connectivity index (χ0v) is 9.24. The fraction of sp³-hybridized carbons (Fsp3) is 0.600. The quantitative estimate of drug-likeness (QED) is 0.520. The summed E-state index contributed by atoms with van der Waals surface area (Å²) in [4.78, 5) is 21.7. The number of aliphatic carboxylic acids is 1. The summed E-state index contributed by atoms with van der Waals surface area (Å²) in [6.07, 6.45) is -0.949. The van der Waals surface area contributed by atoms with Crippen LogP contribution in [0.5, 0.6) is 0 Å². The number of nitrogens with two attached hydrogens (primary N) is 1. The Bertz CT molecular complexity index is 283. The largest absolute Gasteiger partial charge is 0.481 e. The molecule has 0 saturated heterocycles. The molecule has 0 aromatic rings. The molecule has 0 spiro atoms. The molecule has 3 N–H and O–H groups in total. The Balaban J connectivity index is 4.42. The van der Waals surface area contributed by atoms with Gasteiger partial charge in [0.25, 0.3) is 0 Å². The highest BCUT2D eigenvalue weighted by Gasteiger charge is 2.32. The molecule has 0 amide bonds. The number of carbonyl (C=O) groups excluding carboxylic acids is 1. The summed E-state index contributed by atoms with van der Waals surface area (Å²) in [7, 11) is 0. The number of hydrogen-bond donors (Lipinski definition) is 2. The van der Waals surface area contributed by atoms with Gasteiger partial charge in [-0.15, -0.1) is 0 Å². The summed E-state index contributed by atoms with van der Waals surface area (Å²) < 4.78 is 4.95. The molecule has 2 atom stereocenters. The first-order chi connectivity index (χ1) is 6.66. The van der Waals surface area contributed by atoms with Crippen molar-refractivity contribution in [1.29, 1.82) is 0 Å². The highest BCUT2D eigenvalue weighted by Crippen LogP contribution is 2.15. The van der Waals surface area contributed by atoms with Crippen LogP contribution in [0.4, 0.5) is 0 Å². The predicted molar refractivity (Wildman–Crippen MR) is 55.2 cm³/mol. The summed E-state index contributed by atoms with van der Waals surface area (Å²) in [5.41, 5.74) is 4.89. The minimum absolute atomic E-state index is 0.257. The Morgan fingerprint density at radius 3 is 2.40 bits per heavy atom. The van der Waals surface area contributed by atoms with Crippen LogP contribution in [-0.2, 0) is 14.3 Å². The SMILES string of the molecule is C=C(C)C(=O)OC(C)C(C)(N)CC(=O)O. The average molecular weight is 215 g/mol. The first kappa shape index (κ1) is 13.6. The summed E-state index contributed by atoms with van der Waals surface area (Å²) in [5, 5.41) is 8.60. The molecule has 0 saturated carbocycles. The minimum atomic E-state index is -1.09. The number of carboxylic acid groups (broad SMARTS) is 1. The van der Waals surface area contributed by atoms with E-state index in [1.165, 1.54) is 13.8 Å². The molecule has 15 heavy (non-hydrogen) atoms. The van der Waals surface area contributed by atoms with Gasteiger partial charge in [-0.2, -0.15) is 0 Å². The smallest absolute Gasteiger partial charge is 0.333 e. The van der Waals surface area contributed by atoms with E-state index in [2.05, 4.69) is 6.58 Å². The van der Waals surface area contributed by atoms with Crippen molar-refractivity contribution >= 4 is 11.9 Å². The normalized spacial score (nSPS) is 16.3. The monoisotopic (exact) mass is 215 g/mol. The van der Waals surface area contributed by atoms with E-state index in [1.807, 2.05) is 0 Å². The Kier molecular flexibility index (Phi) is 4.48. The van der Waals surface area contributed by atoms with Crippen molar-refractivity contribution in [2.24, 2.45) is 5.73 Å². The standard InChI is InChI=1S/C10H17NO4/c1-6(2)9(14)15-7(3)10(4,11)5-8(12)13/h7H,1,5,11H2,2-4H3,(H,12,13). The molecular formula is C10H17NO4. The molecule has 5 heteroatoms. The number of carboxylic acids is 1. The molecule has 0 rings (SSSR count). The summed E-state index contributed by atoms with van der Waals surface area (Å²) >= 11 is 0. The van der Waals surface area contributed by atoms with E-state index in [0.29, 0.717) is 0 Å². The third-order valence-corrected chi connectivity index (χ3v) is 2.09. The van der Waals surface area contributed by atoms with Crippen LogP contribution >= 0.6 is 0 Å². The van der Waals surface area contributed by atoms with Crippen LogP contribution in [0.2, 0.25) is 0 Å². The fourth-order valence-electron chi connectivity index (χ4n) is 0.865. The van der Waals surface area contributed by atoms with Gasteiger partial charge in [-0.3, -0.25) is 4.79 Å². The third kappa shape index (κ3) is 4.60. The van der Waals surface area contributed by atoms with Crippen molar-refractivity contribution in [2.45, 2.75) is 38.8 Å². The number of rotatable bonds is 5. The van der Waals surface area contributed by atoms with Crippen molar-refractivity contribution in [3.8, 4) is 0 Å². The molecule has 0 heterocycles.